The Balaban J connectivity index is 1.53. The van der Waals surface area contributed by atoms with E-state index >= 15 is 0 Å². The zero-order valence-electron chi connectivity index (χ0n) is 16.6. The van der Waals surface area contributed by atoms with Crippen LogP contribution in [0.2, 0.25) is 0 Å². The van der Waals surface area contributed by atoms with E-state index in [1.54, 1.807) is 24.3 Å². The molecule has 8 heteroatoms. The zero-order chi connectivity index (χ0) is 22.1. The standard InChI is InChI=1S/C23H21N3O5/c27-21(16-31-23(29)18-11-14-26(30)15-12-18)25-20-9-5-4-8-19(20)22(28)24-13-10-17-6-2-1-3-7-17/h1-9,11-12,14-15H,10,13,16H2,(H,24,28)(H,25,27). The lowest BCUT2D eigenvalue weighted by molar-refractivity contribution is -0.605. The molecule has 0 aliphatic heterocycles. The average molecular weight is 419 g/mol. The van der Waals surface area contributed by atoms with E-state index < -0.39 is 18.5 Å². The van der Waals surface area contributed by atoms with Crippen LogP contribution >= 0.6 is 0 Å². The summed E-state index contributed by atoms with van der Waals surface area (Å²) in [6.45, 7) is -0.0851. The number of amides is 2. The van der Waals surface area contributed by atoms with Crippen LogP contribution in [0.1, 0.15) is 26.3 Å². The van der Waals surface area contributed by atoms with Crippen molar-refractivity contribution in [2.75, 3.05) is 18.5 Å². The summed E-state index contributed by atoms with van der Waals surface area (Å²) < 4.78 is 5.49. The molecular weight excluding hydrogens is 398 g/mol. The van der Waals surface area contributed by atoms with Gasteiger partial charge < -0.3 is 20.6 Å². The molecular formula is C23H21N3O5. The second-order valence-electron chi connectivity index (χ2n) is 6.61. The maximum atomic E-state index is 12.5. The lowest BCUT2D eigenvalue weighted by atomic mass is 10.1. The Bertz CT molecular complexity index is 1050. The average Bonchev–Trinajstić information content (AvgIpc) is 2.79. The highest BCUT2D eigenvalue weighted by Crippen LogP contribution is 2.15. The molecule has 158 valence electrons. The number of nitrogens with one attached hydrogen (secondary N) is 2. The van der Waals surface area contributed by atoms with Gasteiger partial charge in [0.25, 0.3) is 11.8 Å². The third-order valence-corrected chi connectivity index (χ3v) is 4.36. The van der Waals surface area contributed by atoms with Gasteiger partial charge in [-0.05, 0) is 24.1 Å². The van der Waals surface area contributed by atoms with Gasteiger partial charge in [-0.15, -0.1) is 0 Å². The van der Waals surface area contributed by atoms with Crippen molar-refractivity contribution in [2.45, 2.75) is 6.42 Å². The molecule has 2 N–H and O–H groups in total. The summed E-state index contributed by atoms with van der Waals surface area (Å²) in [5.41, 5.74) is 1.87. The van der Waals surface area contributed by atoms with Gasteiger partial charge in [0.15, 0.2) is 19.0 Å². The van der Waals surface area contributed by atoms with Gasteiger partial charge in [-0.25, -0.2) is 4.79 Å². The van der Waals surface area contributed by atoms with Crippen LogP contribution in [0, 0.1) is 5.21 Å². The van der Waals surface area contributed by atoms with E-state index in [4.69, 9.17) is 4.74 Å². The molecule has 1 heterocycles. The maximum absolute atomic E-state index is 12.5. The highest BCUT2D eigenvalue weighted by atomic mass is 16.5. The van der Waals surface area contributed by atoms with E-state index in [0.29, 0.717) is 28.9 Å². The molecule has 0 saturated heterocycles. The number of para-hydroxylation sites is 1. The Morgan fingerprint density at radius 1 is 0.903 bits per heavy atom. The third-order valence-electron chi connectivity index (χ3n) is 4.36. The summed E-state index contributed by atoms with van der Waals surface area (Å²) in [5, 5.41) is 16.4. The summed E-state index contributed by atoms with van der Waals surface area (Å²) >= 11 is 0. The summed E-state index contributed by atoms with van der Waals surface area (Å²) in [6, 6.07) is 18.9. The lowest BCUT2D eigenvalue weighted by Gasteiger charge is -2.12. The predicted octanol–water partition coefficient (Wildman–Crippen LogP) is 2.09. The van der Waals surface area contributed by atoms with Gasteiger partial charge in [0.1, 0.15) is 0 Å². The molecule has 0 fully saturated rings. The molecule has 0 aliphatic carbocycles. The quantitative estimate of drug-likeness (QED) is 0.330. The summed E-state index contributed by atoms with van der Waals surface area (Å²) in [5.74, 6) is -1.64. The van der Waals surface area contributed by atoms with Gasteiger partial charge in [-0.3, -0.25) is 9.59 Å². The van der Waals surface area contributed by atoms with Gasteiger partial charge in [-0.1, -0.05) is 42.5 Å². The minimum absolute atomic E-state index is 0.151. The first-order valence-electron chi connectivity index (χ1n) is 9.60. The molecule has 8 nitrogen and oxygen atoms in total. The van der Waals surface area contributed by atoms with E-state index in [-0.39, 0.29) is 11.5 Å². The van der Waals surface area contributed by atoms with Crippen molar-refractivity contribution in [2.24, 2.45) is 0 Å². The maximum Gasteiger partial charge on any atom is 0.339 e. The largest absolute Gasteiger partial charge is 0.619 e. The van der Waals surface area contributed by atoms with Crippen molar-refractivity contribution >= 4 is 23.5 Å². The number of carbonyl (C=O) groups excluding carboxylic acids is 3. The Hall–Kier alpha value is -4.20. The second-order valence-corrected chi connectivity index (χ2v) is 6.61. The fraction of sp³-hybridized carbons (Fsp3) is 0.130. The lowest BCUT2D eigenvalue weighted by Crippen LogP contribution is -2.28. The molecule has 0 atom stereocenters. The molecule has 0 unspecified atom stereocenters. The third kappa shape index (κ3) is 6.40. The van der Waals surface area contributed by atoms with E-state index in [0.717, 1.165) is 18.0 Å². The smallest absolute Gasteiger partial charge is 0.339 e. The zero-order valence-corrected chi connectivity index (χ0v) is 16.6. The minimum atomic E-state index is -0.734. The van der Waals surface area contributed by atoms with Crippen molar-refractivity contribution in [1.29, 1.82) is 0 Å². The first-order chi connectivity index (χ1) is 15.0. The van der Waals surface area contributed by atoms with Crippen LogP contribution in [0.5, 0.6) is 0 Å². The van der Waals surface area contributed by atoms with Gasteiger partial charge in [0, 0.05) is 18.7 Å². The minimum Gasteiger partial charge on any atom is -0.619 e. The van der Waals surface area contributed by atoms with Gasteiger partial charge in [0.2, 0.25) is 0 Å². The Kier molecular flexibility index (Phi) is 7.31. The SMILES string of the molecule is O=C(COC(=O)c1cc[n+]([O-])cc1)Nc1ccccc1C(=O)NCCc1ccccc1. The number of anilines is 1. The molecule has 0 aliphatic rings. The van der Waals surface area contributed by atoms with Crippen molar-refractivity contribution in [3.05, 3.63) is 101 Å². The van der Waals surface area contributed by atoms with E-state index in [1.807, 2.05) is 30.3 Å². The molecule has 1 aromatic heterocycles. The molecule has 2 aromatic carbocycles. The van der Waals surface area contributed by atoms with Crippen LogP contribution in [0.15, 0.2) is 79.1 Å². The molecule has 3 aromatic rings. The van der Waals surface area contributed by atoms with Gasteiger partial charge in [0.05, 0.1) is 16.8 Å². The number of hydrogen-bond donors (Lipinski definition) is 2. The van der Waals surface area contributed by atoms with Crippen LogP contribution in [0.3, 0.4) is 0 Å². The molecule has 3 rings (SSSR count). The number of nitrogens with zero attached hydrogens (tertiary/aromatic N) is 1. The van der Waals surface area contributed by atoms with Crippen LogP contribution in [0.25, 0.3) is 0 Å². The summed E-state index contributed by atoms with van der Waals surface area (Å²) in [4.78, 5) is 36.7. The van der Waals surface area contributed by atoms with Crippen LogP contribution in [0.4, 0.5) is 5.69 Å². The van der Waals surface area contributed by atoms with Crippen molar-refractivity contribution in [3.63, 3.8) is 0 Å². The van der Waals surface area contributed by atoms with Crippen LogP contribution < -0.4 is 15.4 Å². The Morgan fingerprint density at radius 2 is 1.58 bits per heavy atom. The number of hydrogen-bond acceptors (Lipinski definition) is 5. The number of ether oxygens (including phenoxy) is 1. The van der Waals surface area contributed by atoms with Crippen LogP contribution in [-0.4, -0.2) is 30.9 Å². The topological polar surface area (TPSA) is 111 Å². The van der Waals surface area contributed by atoms with E-state index in [2.05, 4.69) is 10.6 Å². The summed E-state index contributed by atoms with van der Waals surface area (Å²) in [7, 11) is 0. The van der Waals surface area contributed by atoms with Crippen molar-refractivity contribution in [3.8, 4) is 0 Å². The highest BCUT2D eigenvalue weighted by molar-refractivity contribution is 6.04. The monoisotopic (exact) mass is 419 g/mol. The molecule has 2 amide bonds. The number of pyridine rings is 1. The van der Waals surface area contributed by atoms with Gasteiger partial charge >= 0.3 is 5.97 Å². The van der Waals surface area contributed by atoms with Crippen LogP contribution in [-0.2, 0) is 16.0 Å². The molecule has 0 radical (unpaired) electrons. The van der Waals surface area contributed by atoms with Crippen molar-refractivity contribution < 1.29 is 23.9 Å². The number of esters is 1. The van der Waals surface area contributed by atoms with Crippen molar-refractivity contribution in [1.82, 2.24) is 5.32 Å². The van der Waals surface area contributed by atoms with E-state index in [9.17, 15) is 19.6 Å². The molecule has 0 bridgehead atoms. The predicted molar refractivity (Wildman–Crippen MR) is 113 cm³/mol. The second kappa shape index (κ2) is 10.5. The molecule has 0 spiro atoms. The number of benzene rings is 2. The number of rotatable bonds is 8. The summed E-state index contributed by atoms with van der Waals surface area (Å²) in [6.07, 6.45) is 3.00. The first kappa shape index (κ1) is 21.5. The normalized spacial score (nSPS) is 10.2. The van der Waals surface area contributed by atoms with E-state index in [1.165, 1.54) is 12.1 Å². The number of carbonyl (C=O) groups is 3. The molecule has 31 heavy (non-hydrogen) atoms. The Labute approximate surface area is 179 Å². The van der Waals surface area contributed by atoms with Gasteiger partial charge in [-0.2, -0.15) is 4.73 Å². The fourth-order valence-corrected chi connectivity index (χ4v) is 2.80. The first-order valence-corrected chi connectivity index (χ1v) is 9.60. The Morgan fingerprint density at radius 3 is 2.32 bits per heavy atom. The molecule has 0 saturated carbocycles. The highest BCUT2D eigenvalue weighted by Gasteiger charge is 2.15. The fourth-order valence-electron chi connectivity index (χ4n) is 2.80. The number of aromatic nitrogens is 1.